The summed E-state index contributed by atoms with van der Waals surface area (Å²) in [5, 5.41) is 11.9. The smallest absolute Gasteiger partial charge is 0.256 e. The van der Waals surface area contributed by atoms with Crippen LogP contribution in [-0.2, 0) is 11.3 Å². The molecule has 7 heteroatoms. The van der Waals surface area contributed by atoms with Gasteiger partial charge in [-0.25, -0.2) is 4.98 Å². The third-order valence-corrected chi connectivity index (χ3v) is 7.75. The van der Waals surface area contributed by atoms with Gasteiger partial charge in [-0.1, -0.05) is 13.0 Å². The first kappa shape index (κ1) is 17.7. The number of carbonyl (C=O) groups excluding carboxylic acids is 2. The maximum Gasteiger partial charge on any atom is 0.256 e. The lowest BCUT2D eigenvalue weighted by molar-refractivity contribution is -0.139. The summed E-state index contributed by atoms with van der Waals surface area (Å²) in [6.45, 7) is 2.78. The number of thiophene rings is 1. The molecule has 2 amide bonds. The molecule has 1 spiro atoms. The highest BCUT2D eigenvalue weighted by molar-refractivity contribution is 7.09. The van der Waals surface area contributed by atoms with Crippen LogP contribution in [0.2, 0.25) is 0 Å². The zero-order valence-electron chi connectivity index (χ0n) is 15.8. The van der Waals surface area contributed by atoms with Crippen LogP contribution in [0.25, 0.3) is 0 Å². The van der Waals surface area contributed by atoms with Crippen LogP contribution in [0, 0.1) is 17.3 Å². The second kappa shape index (κ2) is 6.30. The van der Waals surface area contributed by atoms with E-state index in [1.807, 2.05) is 17.5 Å². The molecule has 4 aliphatic rings. The van der Waals surface area contributed by atoms with Crippen molar-refractivity contribution < 1.29 is 9.59 Å². The van der Waals surface area contributed by atoms with Crippen LogP contribution in [0.5, 0.6) is 0 Å². The van der Waals surface area contributed by atoms with Crippen molar-refractivity contribution in [3.05, 3.63) is 46.3 Å². The molecule has 3 saturated carbocycles. The van der Waals surface area contributed by atoms with Gasteiger partial charge in [0.25, 0.3) is 5.91 Å². The molecule has 2 aromatic heterocycles. The zero-order chi connectivity index (χ0) is 19.4. The first-order valence-corrected chi connectivity index (χ1v) is 10.7. The summed E-state index contributed by atoms with van der Waals surface area (Å²) >= 11 is 1.66. The van der Waals surface area contributed by atoms with E-state index in [1.54, 1.807) is 29.7 Å². The number of pyridine rings is 1. The Labute approximate surface area is 168 Å². The summed E-state index contributed by atoms with van der Waals surface area (Å²) < 4.78 is 0. The van der Waals surface area contributed by atoms with Crippen LogP contribution < -0.4 is 16.0 Å². The molecule has 146 valence electrons. The van der Waals surface area contributed by atoms with Crippen molar-refractivity contribution in [1.82, 2.24) is 15.6 Å². The van der Waals surface area contributed by atoms with Gasteiger partial charge in [0.1, 0.15) is 11.5 Å². The number of rotatable bonds is 3. The Balaban J connectivity index is 1.37. The first-order valence-electron chi connectivity index (χ1n) is 9.85. The number of aromatic nitrogens is 1. The fourth-order valence-corrected chi connectivity index (χ4v) is 6.08. The van der Waals surface area contributed by atoms with E-state index < -0.39 is 5.66 Å². The lowest BCUT2D eigenvalue weighted by Gasteiger charge is -2.60. The Bertz CT molecular complexity index is 930. The summed E-state index contributed by atoms with van der Waals surface area (Å²) in [6.07, 6.45) is 5.23. The zero-order valence-corrected chi connectivity index (χ0v) is 16.6. The predicted octanol–water partition coefficient (Wildman–Crippen LogP) is 3.14. The molecule has 28 heavy (non-hydrogen) atoms. The number of nitrogens with zero attached hydrogens (tertiary/aromatic N) is 1. The van der Waals surface area contributed by atoms with E-state index in [4.69, 9.17) is 0 Å². The number of carbonyl (C=O) groups is 2. The lowest BCUT2D eigenvalue weighted by Crippen LogP contribution is -2.70. The quantitative estimate of drug-likeness (QED) is 0.744. The molecule has 0 saturated heterocycles. The van der Waals surface area contributed by atoms with E-state index in [1.165, 1.54) is 4.88 Å². The second-order valence-electron chi connectivity index (χ2n) is 8.60. The summed E-state index contributed by atoms with van der Waals surface area (Å²) in [7, 11) is 0. The van der Waals surface area contributed by atoms with Crippen molar-refractivity contribution in [2.75, 3.05) is 5.32 Å². The van der Waals surface area contributed by atoms with Crippen molar-refractivity contribution in [3.8, 4) is 0 Å². The molecule has 4 atom stereocenters. The summed E-state index contributed by atoms with van der Waals surface area (Å²) in [5.41, 5.74) is -0.0680. The molecule has 3 heterocycles. The number of hydrogen-bond donors (Lipinski definition) is 3. The van der Waals surface area contributed by atoms with Crippen LogP contribution in [0.1, 0.15) is 47.8 Å². The maximum absolute atomic E-state index is 13.0. The molecule has 3 aliphatic carbocycles. The highest BCUT2D eigenvalue weighted by atomic mass is 32.1. The molecule has 0 unspecified atom stereocenters. The summed E-state index contributed by atoms with van der Waals surface area (Å²) in [6, 6.07) is 7.62. The van der Waals surface area contributed by atoms with Crippen LogP contribution in [-0.4, -0.2) is 22.5 Å². The number of fused-ring (bicyclic) bond motifs is 3. The van der Waals surface area contributed by atoms with Crippen molar-refractivity contribution in [1.29, 1.82) is 0 Å². The SMILES string of the molecule is C[C@@]12CC[C@@H](C[C@@H]1C(=O)NCc1cccs1)[C@]1(C2)NC(=O)c2cccnc2N1. The molecule has 0 radical (unpaired) electrons. The van der Waals surface area contributed by atoms with E-state index in [-0.39, 0.29) is 29.1 Å². The van der Waals surface area contributed by atoms with Crippen LogP contribution >= 0.6 is 11.3 Å². The van der Waals surface area contributed by atoms with Crippen LogP contribution in [0.3, 0.4) is 0 Å². The number of nitrogens with one attached hydrogen (secondary N) is 3. The average Bonchev–Trinajstić information content (AvgIpc) is 3.19. The van der Waals surface area contributed by atoms with Gasteiger partial charge in [0.2, 0.25) is 5.91 Å². The van der Waals surface area contributed by atoms with Crippen molar-refractivity contribution in [2.45, 2.75) is 44.8 Å². The summed E-state index contributed by atoms with van der Waals surface area (Å²) in [4.78, 5) is 31.3. The monoisotopic (exact) mass is 396 g/mol. The molecule has 0 aromatic carbocycles. The van der Waals surface area contributed by atoms with Crippen molar-refractivity contribution >= 4 is 29.0 Å². The minimum absolute atomic E-state index is 0.0272. The van der Waals surface area contributed by atoms with Gasteiger partial charge in [-0.05, 0) is 54.7 Å². The second-order valence-corrected chi connectivity index (χ2v) is 9.63. The van der Waals surface area contributed by atoms with Crippen LogP contribution in [0.15, 0.2) is 35.8 Å². The van der Waals surface area contributed by atoms with Gasteiger partial charge in [-0.3, -0.25) is 9.59 Å². The van der Waals surface area contributed by atoms with Crippen molar-refractivity contribution in [3.63, 3.8) is 0 Å². The van der Waals surface area contributed by atoms with Crippen LogP contribution in [0.4, 0.5) is 5.82 Å². The van der Waals surface area contributed by atoms with Gasteiger partial charge >= 0.3 is 0 Å². The Morgan fingerprint density at radius 1 is 1.36 bits per heavy atom. The van der Waals surface area contributed by atoms with Gasteiger partial charge in [-0.2, -0.15) is 0 Å². The van der Waals surface area contributed by atoms with Gasteiger partial charge < -0.3 is 16.0 Å². The Hall–Kier alpha value is -2.41. The fraction of sp³-hybridized carbons (Fsp3) is 0.476. The molecule has 6 rings (SSSR count). The van der Waals surface area contributed by atoms with E-state index in [0.29, 0.717) is 17.9 Å². The first-order chi connectivity index (χ1) is 13.5. The Morgan fingerprint density at radius 2 is 2.25 bits per heavy atom. The Kier molecular flexibility index (Phi) is 3.98. The minimum Gasteiger partial charge on any atom is -0.351 e. The largest absolute Gasteiger partial charge is 0.351 e. The highest BCUT2D eigenvalue weighted by Gasteiger charge is 2.60. The lowest BCUT2D eigenvalue weighted by atomic mass is 9.51. The number of anilines is 1. The van der Waals surface area contributed by atoms with Gasteiger partial charge in [0, 0.05) is 22.9 Å². The fourth-order valence-electron chi connectivity index (χ4n) is 5.43. The third kappa shape index (κ3) is 2.71. The highest BCUT2D eigenvalue weighted by Crippen LogP contribution is 2.58. The van der Waals surface area contributed by atoms with E-state index >= 15 is 0 Å². The van der Waals surface area contributed by atoms with Gasteiger partial charge in [-0.15, -0.1) is 11.3 Å². The molecule has 3 N–H and O–H groups in total. The predicted molar refractivity (Wildman–Crippen MR) is 108 cm³/mol. The van der Waals surface area contributed by atoms with E-state index in [9.17, 15) is 9.59 Å². The maximum atomic E-state index is 13.0. The van der Waals surface area contributed by atoms with E-state index in [0.717, 1.165) is 25.7 Å². The van der Waals surface area contributed by atoms with Gasteiger partial charge in [0.15, 0.2) is 0 Å². The molecule has 3 fully saturated rings. The molecule has 1 aliphatic heterocycles. The number of amides is 2. The van der Waals surface area contributed by atoms with Gasteiger partial charge in [0.05, 0.1) is 12.1 Å². The average molecular weight is 397 g/mol. The molecular formula is C21H24N4O2S. The number of hydrogen-bond acceptors (Lipinski definition) is 5. The topological polar surface area (TPSA) is 83.1 Å². The molecule has 6 nitrogen and oxygen atoms in total. The normalized spacial score (nSPS) is 33.1. The summed E-state index contributed by atoms with van der Waals surface area (Å²) in [5.74, 6) is 0.903. The Morgan fingerprint density at radius 3 is 3.04 bits per heavy atom. The minimum atomic E-state index is -0.504. The van der Waals surface area contributed by atoms with E-state index in [2.05, 4.69) is 27.9 Å². The standard InChI is InChI=1S/C21H24N4O2S/c1-20-7-6-13(10-16(20)19(27)23-11-14-4-3-9-28-14)21(12-20)24-17-15(18(26)25-21)5-2-8-22-17/h2-5,8-9,13,16H,6-7,10-12H2,1H3,(H,22,24)(H,23,27)(H,25,26)/t13-,16+,20-,21-/m0/s1. The molecule has 2 aromatic rings. The van der Waals surface area contributed by atoms with Crippen molar-refractivity contribution in [2.24, 2.45) is 17.3 Å². The third-order valence-electron chi connectivity index (χ3n) is 6.87. The molecular weight excluding hydrogens is 372 g/mol. The molecule has 2 bridgehead atoms.